The van der Waals surface area contributed by atoms with Gasteiger partial charge in [-0.2, -0.15) is 5.10 Å². The summed E-state index contributed by atoms with van der Waals surface area (Å²) in [6, 6.07) is 12.5. The Kier molecular flexibility index (Phi) is 5.16. The van der Waals surface area contributed by atoms with Crippen LogP contribution in [0.2, 0.25) is 0 Å². The molecule has 2 aromatic carbocycles. The Morgan fingerprint density at radius 3 is 2.93 bits per heavy atom. The van der Waals surface area contributed by atoms with Crippen molar-refractivity contribution in [3.63, 3.8) is 0 Å². The molecule has 144 valence electrons. The van der Waals surface area contributed by atoms with Crippen molar-refractivity contribution in [2.24, 2.45) is 0 Å². The first-order valence-corrected chi connectivity index (χ1v) is 9.19. The normalized spacial score (nSPS) is 16.9. The number of amides is 1. The highest BCUT2D eigenvalue weighted by Crippen LogP contribution is 2.25. The summed E-state index contributed by atoms with van der Waals surface area (Å²) >= 11 is 0. The molecule has 0 saturated carbocycles. The minimum Gasteiger partial charge on any atom is -0.370 e. The molecular formula is C21H21FN4O2. The third kappa shape index (κ3) is 3.80. The Balaban J connectivity index is 1.54. The largest absolute Gasteiger partial charge is 0.370 e. The minimum absolute atomic E-state index is 0.0390. The van der Waals surface area contributed by atoms with E-state index < -0.39 is 0 Å². The average molecular weight is 380 g/mol. The zero-order valence-electron chi connectivity index (χ0n) is 15.6. The Labute approximate surface area is 162 Å². The number of hydrogen-bond acceptors (Lipinski definition) is 4. The van der Waals surface area contributed by atoms with Crippen LogP contribution in [-0.2, 0) is 11.3 Å². The number of morpholine rings is 1. The molecule has 0 spiro atoms. The Hall–Kier alpha value is -3.06. The van der Waals surface area contributed by atoms with Crippen LogP contribution in [0.4, 0.5) is 4.39 Å². The number of halogens is 1. The van der Waals surface area contributed by atoms with E-state index in [1.165, 1.54) is 12.4 Å². The molecule has 6 nitrogen and oxygen atoms in total. The maximum atomic E-state index is 13.6. The molecule has 28 heavy (non-hydrogen) atoms. The summed E-state index contributed by atoms with van der Waals surface area (Å²) in [5.74, 6) is -0.280. The van der Waals surface area contributed by atoms with Crippen LogP contribution >= 0.6 is 0 Å². The topological polar surface area (TPSA) is 60.2 Å². The molecule has 1 aliphatic heterocycles. The predicted octanol–water partition coefficient (Wildman–Crippen LogP) is 2.99. The monoisotopic (exact) mass is 380 g/mol. The van der Waals surface area contributed by atoms with Gasteiger partial charge < -0.3 is 9.64 Å². The fourth-order valence-electron chi connectivity index (χ4n) is 3.43. The van der Waals surface area contributed by atoms with Gasteiger partial charge in [0.1, 0.15) is 24.6 Å². The van der Waals surface area contributed by atoms with Crippen LogP contribution < -0.4 is 0 Å². The number of rotatable bonds is 4. The van der Waals surface area contributed by atoms with Crippen molar-refractivity contribution < 1.29 is 13.9 Å². The van der Waals surface area contributed by atoms with E-state index in [1.807, 2.05) is 24.3 Å². The first kappa shape index (κ1) is 18.3. The number of nitrogens with zero attached hydrogens (tertiary/aromatic N) is 4. The first-order valence-electron chi connectivity index (χ1n) is 9.19. The molecule has 1 saturated heterocycles. The third-order valence-corrected chi connectivity index (χ3v) is 4.95. The van der Waals surface area contributed by atoms with Gasteiger partial charge in [0.15, 0.2) is 0 Å². The lowest BCUT2D eigenvalue weighted by atomic mass is 10.0. The van der Waals surface area contributed by atoms with E-state index in [4.69, 9.17) is 4.74 Å². The van der Waals surface area contributed by atoms with E-state index in [0.29, 0.717) is 37.4 Å². The van der Waals surface area contributed by atoms with Gasteiger partial charge in [0, 0.05) is 12.1 Å². The maximum absolute atomic E-state index is 13.6. The molecule has 3 aromatic rings. The van der Waals surface area contributed by atoms with Gasteiger partial charge in [0.25, 0.3) is 5.91 Å². The molecule has 1 aromatic heterocycles. The number of aryl methyl sites for hydroxylation is 1. The van der Waals surface area contributed by atoms with Crippen LogP contribution in [0.1, 0.15) is 33.2 Å². The van der Waals surface area contributed by atoms with Crippen molar-refractivity contribution in [2.75, 3.05) is 19.7 Å². The Morgan fingerprint density at radius 2 is 2.14 bits per heavy atom. The molecule has 2 heterocycles. The van der Waals surface area contributed by atoms with Crippen molar-refractivity contribution in [3.05, 3.63) is 83.2 Å². The number of ether oxygens (including phenoxy) is 1. The van der Waals surface area contributed by atoms with Crippen LogP contribution in [-0.4, -0.2) is 45.3 Å². The van der Waals surface area contributed by atoms with Crippen LogP contribution in [0.3, 0.4) is 0 Å². The van der Waals surface area contributed by atoms with Crippen molar-refractivity contribution in [3.8, 4) is 0 Å². The Bertz CT molecular complexity index is 974. The molecular weight excluding hydrogens is 359 g/mol. The fourth-order valence-corrected chi connectivity index (χ4v) is 3.43. The van der Waals surface area contributed by atoms with Crippen molar-refractivity contribution in [1.82, 2.24) is 19.7 Å². The molecule has 0 unspecified atom stereocenters. The van der Waals surface area contributed by atoms with Gasteiger partial charge >= 0.3 is 0 Å². The lowest BCUT2D eigenvalue weighted by Gasteiger charge is -2.33. The van der Waals surface area contributed by atoms with Gasteiger partial charge in [-0.3, -0.25) is 4.79 Å². The zero-order valence-corrected chi connectivity index (χ0v) is 15.6. The van der Waals surface area contributed by atoms with Crippen LogP contribution in [0.5, 0.6) is 0 Å². The zero-order chi connectivity index (χ0) is 19.5. The summed E-state index contributed by atoms with van der Waals surface area (Å²) in [4.78, 5) is 19.0. The lowest BCUT2D eigenvalue weighted by Crippen LogP contribution is -2.42. The van der Waals surface area contributed by atoms with Crippen molar-refractivity contribution in [1.29, 1.82) is 0 Å². The summed E-state index contributed by atoms with van der Waals surface area (Å²) in [5, 5.41) is 4.12. The van der Waals surface area contributed by atoms with Gasteiger partial charge in [0.05, 0.1) is 19.7 Å². The van der Waals surface area contributed by atoms with Crippen molar-refractivity contribution in [2.45, 2.75) is 19.6 Å². The molecule has 0 aliphatic carbocycles. The summed E-state index contributed by atoms with van der Waals surface area (Å²) in [7, 11) is 0. The van der Waals surface area contributed by atoms with Gasteiger partial charge in [-0.25, -0.2) is 14.1 Å². The van der Waals surface area contributed by atoms with Gasteiger partial charge in [-0.1, -0.05) is 30.3 Å². The van der Waals surface area contributed by atoms with Crippen molar-refractivity contribution >= 4 is 5.91 Å². The van der Waals surface area contributed by atoms with E-state index in [1.54, 1.807) is 35.0 Å². The second kappa shape index (κ2) is 7.90. The highest BCUT2D eigenvalue weighted by molar-refractivity contribution is 5.95. The second-order valence-electron chi connectivity index (χ2n) is 6.87. The molecule has 1 aliphatic rings. The minimum atomic E-state index is -0.264. The first-order chi connectivity index (χ1) is 13.6. The number of aromatic nitrogens is 3. The highest BCUT2D eigenvalue weighted by Gasteiger charge is 2.27. The standard InChI is InChI=1S/C21H21FN4O2/c1-15-10-16(6-7-19(15)22)20-12-25(8-9-28-20)21(27)18-5-3-2-4-17(18)11-26-14-23-13-24-26/h2-7,10,13-14,20H,8-9,11-12H2,1H3/t20-/m1/s1. The van der Waals surface area contributed by atoms with E-state index in [-0.39, 0.29) is 17.8 Å². The third-order valence-electron chi connectivity index (χ3n) is 4.95. The number of carbonyl (C=O) groups is 1. The van der Waals surface area contributed by atoms with E-state index in [2.05, 4.69) is 10.1 Å². The SMILES string of the molecule is Cc1cc([C@H]2CN(C(=O)c3ccccc3Cn3cncn3)CCO2)ccc1F. The molecule has 0 N–H and O–H groups in total. The summed E-state index contributed by atoms with van der Waals surface area (Å²) in [5.41, 5.74) is 2.99. The molecule has 0 bridgehead atoms. The lowest BCUT2D eigenvalue weighted by molar-refractivity contribution is -0.0229. The van der Waals surface area contributed by atoms with Crippen LogP contribution in [0, 0.1) is 12.7 Å². The fraction of sp³-hybridized carbons (Fsp3) is 0.286. The molecule has 4 rings (SSSR count). The van der Waals surface area contributed by atoms with Gasteiger partial charge in [0.2, 0.25) is 0 Å². The predicted molar refractivity (Wildman–Crippen MR) is 101 cm³/mol. The second-order valence-corrected chi connectivity index (χ2v) is 6.87. The molecule has 1 amide bonds. The molecule has 7 heteroatoms. The van der Waals surface area contributed by atoms with Crippen LogP contribution in [0.25, 0.3) is 0 Å². The summed E-state index contributed by atoms with van der Waals surface area (Å²) in [6.07, 6.45) is 2.84. The van der Waals surface area contributed by atoms with Gasteiger partial charge in [-0.05, 0) is 35.7 Å². The number of hydrogen-bond donors (Lipinski definition) is 0. The summed E-state index contributed by atoms with van der Waals surface area (Å²) in [6.45, 7) is 3.60. The van der Waals surface area contributed by atoms with Crippen LogP contribution in [0.15, 0.2) is 55.1 Å². The molecule has 1 atom stereocenters. The smallest absolute Gasteiger partial charge is 0.254 e. The quantitative estimate of drug-likeness (QED) is 0.698. The van der Waals surface area contributed by atoms with E-state index in [0.717, 1.165) is 11.1 Å². The number of benzene rings is 2. The van der Waals surface area contributed by atoms with Gasteiger partial charge in [-0.15, -0.1) is 0 Å². The molecule has 1 fully saturated rings. The maximum Gasteiger partial charge on any atom is 0.254 e. The highest BCUT2D eigenvalue weighted by atomic mass is 19.1. The Morgan fingerprint density at radius 1 is 1.29 bits per heavy atom. The van der Waals surface area contributed by atoms with E-state index in [9.17, 15) is 9.18 Å². The van der Waals surface area contributed by atoms with E-state index >= 15 is 0 Å². The molecule has 0 radical (unpaired) electrons. The summed E-state index contributed by atoms with van der Waals surface area (Å²) < 4.78 is 21.1. The average Bonchev–Trinajstić information content (AvgIpc) is 3.23. The number of carbonyl (C=O) groups excluding carboxylic acids is 1.